The molecule has 1 aliphatic rings. The molecule has 1 aromatic rings. The van der Waals surface area contributed by atoms with Crippen molar-refractivity contribution < 1.29 is 0 Å². The minimum absolute atomic E-state index is 0.326. The molecule has 0 spiro atoms. The van der Waals surface area contributed by atoms with Gasteiger partial charge in [0.1, 0.15) is 0 Å². The predicted molar refractivity (Wildman–Crippen MR) is 86.8 cm³/mol. The minimum Gasteiger partial charge on any atom is -0.311 e. The Kier molecular flexibility index (Phi) is 5.22. The zero-order valence-corrected chi connectivity index (χ0v) is 13.5. The van der Waals surface area contributed by atoms with Gasteiger partial charge >= 0.3 is 0 Å². The summed E-state index contributed by atoms with van der Waals surface area (Å²) >= 11 is 0. The van der Waals surface area contributed by atoms with Gasteiger partial charge in [0.2, 0.25) is 0 Å². The average Bonchev–Trinajstić information content (AvgIpc) is 2.41. The Bertz CT molecular complexity index is 394. The third kappa shape index (κ3) is 4.07. The van der Waals surface area contributed by atoms with E-state index in [2.05, 4.69) is 68.2 Å². The Morgan fingerprint density at radius 1 is 1.20 bits per heavy atom. The van der Waals surface area contributed by atoms with Crippen molar-refractivity contribution in [1.29, 1.82) is 0 Å². The van der Waals surface area contributed by atoms with Crippen molar-refractivity contribution in [2.45, 2.75) is 59.2 Å². The van der Waals surface area contributed by atoms with E-state index in [9.17, 15) is 0 Å². The van der Waals surface area contributed by atoms with Crippen LogP contribution in [0.2, 0.25) is 0 Å². The molecule has 0 aromatic heterocycles. The Hall–Kier alpha value is -0.860. The maximum Gasteiger partial charge on any atom is 0.0244 e. The molecule has 0 radical (unpaired) electrons. The molecule has 2 atom stereocenters. The van der Waals surface area contributed by atoms with Crippen LogP contribution in [0.4, 0.5) is 0 Å². The van der Waals surface area contributed by atoms with Crippen LogP contribution < -0.4 is 5.32 Å². The molecule has 2 nitrogen and oxygen atoms in total. The fourth-order valence-electron chi connectivity index (χ4n) is 3.07. The summed E-state index contributed by atoms with van der Waals surface area (Å²) in [5.74, 6) is 0. The summed E-state index contributed by atoms with van der Waals surface area (Å²) in [7, 11) is 0. The molecular weight excluding hydrogens is 244 g/mol. The van der Waals surface area contributed by atoms with Crippen molar-refractivity contribution in [2.24, 2.45) is 5.41 Å². The first kappa shape index (κ1) is 15.5. The standard InChI is InChI=1S/C18H30N2/c1-5-9-16-12-19-17(18(2,3)4)14-20(16)13-15-10-7-6-8-11-15/h6-8,10-11,16-17,19H,5,9,12-14H2,1-4H3. The van der Waals surface area contributed by atoms with Gasteiger partial charge in [0.15, 0.2) is 0 Å². The first-order chi connectivity index (χ1) is 9.50. The van der Waals surface area contributed by atoms with E-state index in [0.29, 0.717) is 17.5 Å². The average molecular weight is 274 g/mol. The van der Waals surface area contributed by atoms with Gasteiger partial charge in [-0.2, -0.15) is 0 Å². The van der Waals surface area contributed by atoms with Crippen molar-refractivity contribution in [2.75, 3.05) is 13.1 Å². The lowest BCUT2D eigenvalue weighted by Gasteiger charge is -2.45. The van der Waals surface area contributed by atoms with E-state index in [1.54, 1.807) is 0 Å². The fraction of sp³-hybridized carbons (Fsp3) is 0.667. The van der Waals surface area contributed by atoms with Gasteiger partial charge in [0.05, 0.1) is 0 Å². The van der Waals surface area contributed by atoms with E-state index >= 15 is 0 Å². The molecule has 2 heteroatoms. The number of piperazine rings is 1. The molecule has 2 rings (SSSR count). The summed E-state index contributed by atoms with van der Waals surface area (Å²) in [6.07, 6.45) is 2.55. The molecule has 0 bridgehead atoms. The van der Waals surface area contributed by atoms with Gasteiger partial charge < -0.3 is 5.32 Å². The first-order valence-electron chi connectivity index (χ1n) is 8.02. The SMILES string of the molecule is CCCC1CNC(C(C)(C)C)CN1Cc1ccccc1. The normalized spacial score (nSPS) is 24.8. The summed E-state index contributed by atoms with van der Waals surface area (Å²) in [5, 5.41) is 3.77. The molecule has 20 heavy (non-hydrogen) atoms. The van der Waals surface area contributed by atoms with Gasteiger partial charge in [-0.05, 0) is 17.4 Å². The summed E-state index contributed by atoms with van der Waals surface area (Å²) in [6, 6.07) is 12.1. The Morgan fingerprint density at radius 3 is 2.50 bits per heavy atom. The molecular formula is C18H30N2. The van der Waals surface area contributed by atoms with Crippen molar-refractivity contribution in [3.8, 4) is 0 Å². The van der Waals surface area contributed by atoms with E-state index in [-0.39, 0.29) is 0 Å². The summed E-state index contributed by atoms with van der Waals surface area (Å²) in [5.41, 5.74) is 1.76. The number of hydrogen-bond acceptors (Lipinski definition) is 2. The molecule has 1 saturated heterocycles. The molecule has 2 unspecified atom stereocenters. The molecule has 0 saturated carbocycles. The largest absolute Gasteiger partial charge is 0.311 e. The zero-order valence-electron chi connectivity index (χ0n) is 13.5. The van der Waals surface area contributed by atoms with Crippen LogP contribution in [-0.2, 0) is 6.54 Å². The van der Waals surface area contributed by atoms with E-state index in [4.69, 9.17) is 0 Å². The smallest absolute Gasteiger partial charge is 0.0244 e. The van der Waals surface area contributed by atoms with Gasteiger partial charge in [-0.3, -0.25) is 4.90 Å². The maximum absolute atomic E-state index is 3.77. The Labute approximate surface area is 124 Å². The monoisotopic (exact) mass is 274 g/mol. The Morgan fingerprint density at radius 2 is 1.90 bits per heavy atom. The van der Waals surface area contributed by atoms with Crippen LogP contribution in [0, 0.1) is 5.41 Å². The van der Waals surface area contributed by atoms with Crippen LogP contribution >= 0.6 is 0 Å². The van der Waals surface area contributed by atoms with Crippen LogP contribution in [0.25, 0.3) is 0 Å². The van der Waals surface area contributed by atoms with Crippen LogP contribution in [0.5, 0.6) is 0 Å². The second-order valence-electron chi connectivity index (χ2n) is 7.18. The fourth-order valence-corrected chi connectivity index (χ4v) is 3.07. The topological polar surface area (TPSA) is 15.3 Å². The zero-order chi connectivity index (χ0) is 14.6. The highest BCUT2D eigenvalue weighted by Gasteiger charge is 2.33. The highest BCUT2D eigenvalue weighted by molar-refractivity contribution is 5.15. The van der Waals surface area contributed by atoms with Crippen LogP contribution in [0.1, 0.15) is 46.1 Å². The van der Waals surface area contributed by atoms with Gasteiger partial charge in [-0.15, -0.1) is 0 Å². The second kappa shape index (κ2) is 6.73. The van der Waals surface area contributed by atoms with Gasteiger partial charge in [0.25, 0.3) is 0 Å². The minimum atomic E-state index is 0.326. The van der Waals surface area contributed by atoms with Crippen LogP contribution in [-0.4, -0.2) is 30.1 Å². The number of rotatable bonds is 4. The lowest BCUT2D eigenvalue weighted by Crippen LogP contribution is -2.59. The Balaban J connectivity index is 2.07. The number of hydrogen-bond donors (Lipinski definition) is 1. The molecule has 1 fully saturated rings. The summed E-state index contributed by atoms with van der Waals surface area (Å²) < 4.78 is 0. The third-order valence-electron chi connectivity index (χ3n) is 4.43. The van der Waals surface area contributed by atoms with Gasteiger partial charge in [0, 0.05) is 31.7 Å². The highest BCUT2D eigenvalue weighted by atomic mass is 15.2. The molecule has 1 aliphatic heterocycles. The van der Waals surface area contributed by atoms with E-state index in [1.807, 2.05) is 0 Å². The molecule has 112 valence electrons. The van der Waals surface area contributed by atoms with Gasteiger partial charge in [-0.25, -0.2) is 0 Å². The lowest BCUT2D eigenvalue weighted by atomic mass is 9.84. The van der Waals surface area contributed by atoms with E-state index < -0.39 is 0 Å². The van der Waals surface area contributed by atoms with Gasteiger partial charge in [-0.1, -0.05) is 64.4 Å². The van der Waals surface area contributed by atoms with Crippen LogP contribution in [0.3, 0.4) is 0 Å². The second-order valence-corrected chi connectivity index (χ2v) is 7.18. The molecule has 1 N–H and O–H groups in total. The van der Waals surface area contributed by atoms with E-state index in [1.165, 1.54) is 18.4 Å². The summed E-state index contributed by atoms with van der Waals surface area (Å²) in [4.78, 5) is 2.69. The molecule has 1 heterocycles. The van der Waals surface area contributed by atoms with Crippen molar-refractivity contribution >= 4 is 0 Å². The van der Waals surface area contributed by atoms with E-state index in [0.717, 1.165) is 19.6 Å². The summed E-state index contributed by atoms with van der Waals surface area (Å²) in [6.45, 7) is 12.7. The predicted octanol–water partition coefficient (Wildman–Crippen LogP) is 3.68. The first-order valence-corrected chi connectivity index (χ1v) is 8.02. The molecule has 0 amide bonds. The van der Waals surface area contributed by atoms with Crippen molar-refractivity contribution in [1.82, 2.24) is 10.2 Å². The maximum atomic E-state index is 3.77. The quantitative estimate of drug-likeness (QED) is 0.901. The van der Waals surface area contributed by atoms with Crippen LogP contribution in [0.15, 0.2) is 30.3 Å². The van der Waals surface area contributed by atoms with Crippen molar-refractivity contribution in [3.05, 3.63) is 35.9 Å². The number of benzene rings is 1. The molecule has 0 aliphatic carbocycles. The highest BCUT2D eigenvalue weighted by Crippen LogP contribution is 2.25. The lowest BCUT2D eigenvalue weighted by molar-refractivity contribution is 0.0748. The number of nitrogens with zero attached hydrogens (tertiary/aromatic N) is 1. The van der Waals surface area contributed by atoms with Crippen molar-refractivity contribution in [3.63, 3.8) is 0 Å². The number of nitrogens with one attached hydrogen (secondary N) is 1. The third-order valence-corrected chi connectivity index (χ3v) is 4.43. The molecule has 1 aromatic carbocycles.